The zero-order valence-corrected chi connectivity index (χ0v) is 13.5. The van der Waals surface area contributed by atoms with E-state index in [9.17, 15) is 0 Å². The fraction of sp³-hybridized carbons (Fsp3) is 0.889. The third kappa shape index (κ3) is 17.5. The van der Waals surface area contributed by atoms with Crippen molar-refractivity contribution in [1.29, 1.82) is 0 Å². The van der Waals surface area contributed by atoms with Crippen molar-refractivity contribution in [2.45, 2.75) is 97.3 Å². The van der Waals surface area contributed by atoms with Crippen LogP contribution in [0, 0.1) is 0 Å². The van der Waals surface area contributed by atoms with Crippen LogP contribution >= 0.6 is 0 Å². The van der Waals surface area contributed by atoms with E-state index in [0.717, 1.165) is 6.61 Å². The van der Waals surface area contributed by atoms with Gasteiger partial charge in [0.2, 0.25) is 0 Å². The normalized spacial score (nSPS) is 11.3. The first-order valence-corrected chi connectivity index (χ1v) is 8.68. The van der Waals surface area contributed by atoms with E-state index in [1.165, 1.54) is 83.5 Å². The van der Waals surface area contributed by atoms with Gasteiger partial charge in [0, 0.05) is 0 Å². The molecule has 0 unspecified atom stereocenters. The zero-order chi connectivity index (χ0) is 14.0. The molecule has 114 valence electrons. The maximum absolute atomic E-state index is 5.16. The predicted molar refractivity (Wildman–Crippen MR) is 86.5 cm³/mol. The van der Waals surface area contributed by atoms with Gasteiger partial charge >= 0.3 is 0 Å². The number of ether oxygens (including phenoxy) is 1. The van der Waals surface area contributed by atoms with Crippen LogP contribution in [0.2, 0.25) is 0 Å². The van der Waals surface area contributed by atoms with Gasteiger partial charge in [-0.25, -0.2) is 0 Å². The Morgan fingerprint density at radius 2 is 1.11 bits per heavy atom. The van der Waals surface area contributed by atoms with Crippen molar-refractivity contribution in [2.75, 3.05) is 6.61 Å². The van der Waals surface area contributed by atoms with E-state index in [2.05, 4.69) is 13.0 Å². The molecule has 0 bridgehead atoms. The van der Waals surface area contributed by atoms with E-state index in [-0.39, 0.29) is 0 Å². The van der Waals surface area contributed by atoms with Gasteiger partial charge in [-0.1, -0.05) is 77.6 Å². The highest BCUT2D eigenvalue weighted by atomic mass is 16.5. The Morgan fingerprint density at radius 3 is 1.58 bits per heavy atom. The Labute approximate surface area is 121 Å². The van der Waals surface area contributed by atoms with Gasteiger partial charge in [-0.3, -0.25) is 0 Å². The number of rotatable bonds is 15. The van der Waals surface area contributed by atoms with E-state index in [1.54, 1.807) is 0 Å². The monoisotopic (exact) mass is 268 g/mol. The molecule has 0 aliphatic heterocycles. The Hall–Kier alpha value is -0.460. The second-order valence-electron chi connectivity index (χ2n) is 5.50. The molecular weight excluding hydrogens is 232 g/mol. The van der Waals surface area contributed by atoms with Gasteiger partial charge in [0.1, 0.15) is 0 Å². The van der Waals surface area contributed by atoms with Crippen molar-refractivity contribution in [1.82, 2.24) is 0 Å². The van der Waals surface area contributed by atoms with E-state index < -0.39 is 0 Å². The average molecular weight is 268 g/mol. The van der Waals surface area contributed by atoms with Crippen LogP contribution in [0.4, 0.5) is 0 Å². The van der Waals surface area contributed by atoms with Crippen molar-refractivity contribution in [3.05, 3.63) is 12.3 Å². The van der Waals surface area contributed by atoms with Crippen LogP contribution in [-0.2, 0) is 4.74 Å². The topological polar surface area (TPSA) is 9.23 Å². The van der Waals surface area contributed by atoms with Crippen molar-refractivity contribution in [3.8, 4) is 0 Å². The Balaban J connectivity index is 2.95. The number of hydrogen-bond donors (Lipinski definition) is 0. The standard InChI is InChI=1S/C18H36O/c1-3-5-6-7-8-9-10-11-12-13-14-15-16-17-18-19-4-2/h17-18H,3-16H2,1-2H3. The quantitative estimate of drug-likeness (QED) is 0.239. The molecule has 0 aromatic heterocycles. The first-order valence-electron chi connectivity index (χ1n) is 8.68. The molecule has 0 aromatic rings. The van der Waals surface area contributed by atoms with E-state index >= 15 is 0 Å². The van der Waals surface area contributed by atoms with E-state index in [4.69, 9.17) is 4.74 Å². The lowest BCUT2D eigenvalue weighted by Gasteiger charge is -2.02. The first-order chi connectivity index (χ1) is 9.41. The molecular formula is C18H36O. The average Bonchev–Trinajstić information content (AvgIpc) is 2.43. The second kappa shape index (κ2) is 17.5. The molecule has 0 saturated carbocycles. The van der Waals surface area contributed by atoms with Crippen LogP contribution in [-0.4, -0.2) is 6.61 Å². The summed E-state index contributed by atoms with van der Waals surface area (Å²) in [6.45, 7) is 5.09. The molecule has 0 radical (unpaired) electrons. The van der Waals surface area contributed by atoms with Crippen LogP contribution in [0.15, 0.2) is 12.3 Å². The van der Waals surface area contributed by atoms with Crippen LogP contribution in [0.3, 0.4) is 0 Å². The van der Waals surface area contributed by atoms with Crippen molar-refractivity contribution in [3.63, 3.8) is 0 Å². The van der Waals surface area contributed by atoms with Crippen LogP contribution in [0.25, 0.3) is 0 Å². The largest absolute Gasteiger partial charge is 0.502 e. The van der Waals surface area contributed by atoms with Gasteiger partial charge in [0.25, 0.3) is 0 Å². The maximum atomic E-state index is 5.16. The van der Waals surface area contributed by atoms with Gasteiger partial charge in [-0.15, -0.1) is 0 Å². The molecule has 0 spiro atoms. The molecule has 0 amide bonds. The highest BCUT2D eigenvalue weighted by molar-refractivity contribution is 4.72. The fourth-order valence-corrected chi connectivity index (χ4v) is 2.34. The Morgan fingerprint density at radius 1 is 0.632 bits per heavy atom. The molecule has 1 nitrogen and oxygen atoms in total. The van der Waals surface area contributed by atoms with Gasteiger partial charge in [-0.05, 0) is 25.8 Å². The predicted octanol–water partition coefficient (Wildman–Crippen LogP) is 6.63. The zero-order valence-electron chi connectivity index (χ0n) is 13.5. The number of hydrogen-bond acceptors (Lipinski definition) is 1. The van der Waals surface area contributed by atoms with Gasteiger partial charge in [0.15, 0.2) is 0 Å². The molecule has 0 N–H and O–H groups in total. The van der Waals surface area contributed by atoms with Crippen LogP contribution < -0.4 is 0 Å². The lowest BCUT2D eigenvalue weighted by Crippen LogP contribution is -1.82. The van der Waals surface area contributed by atoms with Crippen LogP contribution in [0.5, 0.6) is 0 Å². The van der Waals surface area contributed by atoms with Gasteiger partial charge in [-0.2, -0.15) is 0 Å². The molecule has 0 atom stereocenters. The minimum Gasteiger partial charge on any atom is -0.502 e. The molecule has 0 rings (SSSR count). The summed E-state index contributed by atoms with van der Waals surface area (Å²) >= 11 is 0. The van der Waals surface area contributed by atoms with Crippen LogP contribution in [0.1, 0.15) is 97.3 Å². The van der Waals surface area contributed by atoms with Gasteiger partial charge < -0.3 is 4.74 Å². The molecule has 0 saturated heterocycles. The first kappa shape index (κ1) is 18.5. The number of unbranched alkanes of at least 4 members (excludes halogenated alkanes) is 12. The SMILES string of the molecule is CCCCCCCCCCCCCCC=COCC. The molecule has 0 aliphatic rings. The fourth-order valence-electron chi connectivity index (χ4n) is 2.34. The third-order valence-corrected chi connectivity index (χ3v) is 3.58. The molecule has 0 aliphatic carbocycles. The van der Waals surface area contributed by atoms with Crippen molar-refractivity contribution < 1.29 is 4.74 Å². The lowest BCUT2D eigenvalue weighted by molar-refractivity contribution is 0.268. The molecule has 0 fully saturated rings. The molecule has 0 heterocycles. The summed E-state index contributed by atoms with van der Waals surface area (Å²) in [5.41, 5.74) is 0. The molecule has 19 heavy (non-hydrogen) atoms. The summed E-state index contributed by atoms with van der Waals surface area (Å²) in [6.07, 6.45) is 22.2. The number of allylic oxidation sites excluding steroid dienone is 1. The minimum absolute atomic E-state index is 0.787. The highest BCUT2D eigenvalue weighted by Gasteiger charge is 1.92. The Kier molecular flexibility index (Phi) is 17.1. The maximum Gasteiger partial charge on any atom is 0.0845 e. The lowest BCUT2D eigenvalue weighted by atomic mass is 10.0. The Bertz CT molecular complexity index is 175. The smallest absolute Gasteiger partial charge is 0.0845 e. The van der Waals surface area contributed by atoms with Gasteiger partial charge in [0.05, 0.1) is 12.9 Å². The summed E-state index contributed by atoms with van der Waals surface area (Å²) in [7, 11) is 0. The summed E-state index contributed by atoms with van der Waals surface area (Å²) in [4.78, 5) is 0. The minimum atomic E-state index is 0.787. The summed E-state index contributed by atoms with van der Waals surface area (Å²) < 4.78 is 5.16. The summed E-state index contributed by atoms with van der Waals surface area (Å²) in [6, 6.07) is 0. The third-order valence-electron chi connectivity index (χ3n) is 3.58. The highest BCUT2D eigenvalue weighted by Crippen LogP contribution is 2.12. The van der Waals surface area contributed by atoms with Crippen molar-refractivity contribution >= 4 is 0 Å². The van der Waals surface area contributed by atoms with E-state index in [1.807, 2.05) is 13.2 Å². The summed E-state index contributed by atoms with van der Waals surface area (Å²) in [5.74, 6) is 0. The van der Waals surface area contributed by atoms with Crippen molar-refractivity contribution in [2.24, 2.45) is 0 Å². The molecule has 1 heteroatoms. The van der Waals surface area contributed by atoms with E-state index in [0.29, 0.717) is 0 Å². The second-order valence-corrected chi connectivity index (χ2v) is 5.50. The summed E-state index contributed by atoms with van der Waals surface area (Å²) in [5, 5.41) is 0. The molecule has 0 aromatic carbocycles.